The van der Waals surface area contributed by atoms with Crippen LogP contribution in [0.2, 0.25) is 0 Å². The van der Waals surface area contributed by atoms with E-state index in [1.54, 1.807) is 13.8 Å². The summed E-state index contributed by atoms with van der Waals surface area (Å²) in [6.45, 7) is 4.96. The number of rotatable bonds is 6. The number of hydrogen-bond donors (Lipinski definition) is 2. The summed E-state index contributed by atoms with van der Waals surface area (Å²) in [5, 5.41) is 5.67. The first-order valence-electron chi connectivity index (χ1n) is 8.20. The lowest BCUT2D eigenvalue weighted by atomic mass is 10.1. The van der Waals surface area contributed by atoms with Gasteiger partial charge in [-0.05, 0) is 31.5 Å². The fourth-order valence-corrected chi connectivity index (χ4v) is 2.56. The highest BCUT2D eigenvalue weighted by Gasteiger charge is 2.34. The zero-order chi connectivity index (χ0) is 18.4. The van der Waals surface area contributed by atoms with E-state index in [4.69, 9.17) is 9.47 Å². The SMILES string of the molecule is CC(C)Oc1ccc(CNC(=O)CC2COCCN2)c(C(F)(F)F)c1.Cl. The zero-order valence-corrected chi connectivity index (χ0v) is 15.5. The average molecular weight is 397 g/mol. The highest BCUT2D eigenvalue weighted by molar-refractivity contribution is 5.85. The molecular formula is C17H24ClF3N2O3. The van der Waals surface area contributed by atoms with Gasteiger partial charge in [-0.25, -0.2) is 0 Å². The molecule has 1 aromatic carbocycles. The molecule has 1 unspecified atom stereocenters. The molecule has 0 spiro atoms. The van der Waals surface area contributed by atoms with Crippen molar-refractivity contribution in [3.63, 3.8) is 0 Å². The van der Waals surface area contributed by atoms with Gasteiger partial charge in [0.2, 0.25) is 5.91 Å². The first kappa shape index (κ1) is 22.5. The molecule has 0 aromatic heterocycles. The first-order chi connectivity index (χ1) is 11.8. The number of benzene rings is 1. The van der Waals surface area contributed by atoms with Crippen LogP contribution in [0.5, 0.6) is 5.75 Å². The van der Waals surface area contributed by atoms with Crippen LogP contribution in [0.3, 0.4) is 0 Å². The van der Waals surface area contributed by atoms with Crippen molar-refractivity contribution < 1.29 is 27.4 Å². The first-order valence-corrected chi connectivity index (χ1v) is 8.20. The number of halogens is 4. The van der Waals surface area contributed by atoms with Crippen LogP contribution < -0.4 is 15.4 Å². The van der Waals surface area contributed by atoms with E-state index in [1.165, 1.54) is 12.1 Å². The van der Waals surface area contributed by atoms with Gasteiger partial charge in [0, 0.05) is 25.6 Å². The third-order valence-electron chi connectivity index (χ3n) is 3.66. The summed E-state index contributed by atoms with van der Waals surface area (Å²) in [5.74, 6) is -0.167. The third-order valence-corrected chi connectivity index (χ3v) is 3.66. The summed E-state index contributed by atoms with van der Waals surface area (Å²) in [6, 6.07) is 3.67. The molecule has 0 saturated carbocycles. The molecule has 148 valence electrons. The van der Waals surface area contributed by atoms with Crippen molar-refractivity contribution in [3.8, 4) is 5.75 Å². The van der Waals surface area contributed by atoms with Crippen LogP contribution in [0, 0.1) is 0 Å². The second kappa shape index (κ2) is 9.99. The lowest BCUT2D eigenvalue weighted by Crippen LogP contribution is -2.44. The van der Waals surface area contributed by atoms with Crippen molar-refractivity contribution in [1.82, 2.24) is 10.6 Å². The Kier molecular flexibility index (Phi) is 8.66. The van der Waals surface area contributed by atoms with Gasteiger partial charge in [-0.2, -0.15) is 13.2 Å². The van der Waals surface area contributed by atoms with Gasteiger partial charge in [-0.3, -0.25) is 4.79 Å². The Bertz CT molecular complexity index is 591. The maximum Gasteiger partial charge on any atom is 0.416 e. The fraction of sp³-hybridized carbons (Fsp3) is 0.588. The van der Waals surface area contributed by atoms with Crippen molar-refractivity contribution in [2.45, 2.75) is 45.1 Å². The second-order valence-electron chi connectivity index (χ2n) is 6.19. The Balaban J connectivity index is 0.00000338. The van der Waals surface area contributed by atoms with Gasteiger partial charge in [-0.1, -0.05) is 6.07 Å². The maximum absolute atomic E-state index is 13.3. The van der Waals surface area contributed by atoms with Gasteiger partial charge >= 0.3 is 6.18 Å². The summed E-state index contributed by atoms with van der Waals surface area (Å²) in [6.07, 6.45) is -4.58. The number of alkyl halides is 3. The number of hydrogen-bond acceptors (Lipinski definition) is 4. The van der Waals surface area contributed by atoms with Gasteiger partial charge in [0.15, 0.2) is 0 Å². The van der Waals surface area contributed by atoms with Gasteiger partial charge < -0.3 is 20.1 Å². The number of carbonyl (C=O) groups excluding carboxylic acids is 1. The highest BCUT2D eigenvalue weighted by atomic mass is 35.5. The van der Waals surface area contributed by atoms with E-state index < -0.39 is 11.7 Å². The molecule has 1 aromatic rings. The molecule has 0 aliphatic carbocycles. The fourth-order valence-electron chi connectivity index (χ4n) is 2.56. The Labute approximate surface area is 157 Å². The zero-order valence-electron chi connectivity index (χ0n) is 14.7. The number of morpholine rings is 1. The van der Waals surface area contributed by atoms with E-state index in [-0.39, 0.29) is 54.7 Å². The molecule has 1 heterocycles. The van der Waals surface area contributed by atoms with E-state index >= 15 is 0 Å². The Morgan fingerprint density at radius 3 is 2.73 bits per heavy atom. The Morgan fingerprint density at radius 1 is 1.42 bits per heavy atom. The quantitative estimate of drug-likeness (QED) is 0.776. The molecule has 1 amide bonds. The van der Waals surface area contributed by atoms with Crippen molar-refractivity contribution in [2.75, 3.05) is 19.8 Å². The highest BCUT2D eigenvalue weighted by Crippen LogP contribution is 2.34. The second-order valence-corrected chi connectivity index (χ2v) is 6.19. The molecule has 2 rings (SSSR count). The molecule has 1 atom stereocenters. The van der Waals surface area contributed by atoms with E-state index in [0.717, 1.165) is 6.07 Å². The minimum absolute atomic E-state index is 0. The van der Waals surface area contributed by atoms with Crippen molar-refractivity contribution in [2.24, 2.45) is 0 Å². The number of amides is 1. The lowest BCUT2D eigenvalue weighted by Gasteiger charge is -2.23. The summed E-state index contributed by atoms with van der Waals surface area (Å²) in [4.78, 5) is 11.9. The summed E-state index contributed by atoms with van der Waals surface area (Å²) in [7, 11) is 0. The molecule has 26 heavy (non-hydrogen) atoms. The number of ether oxygens (including phenoxy) is 2. The van der Waals surface area contributed by atoms with Crippen LogP contribution in [0.25, 0.3) is 0 Å². The van der Waals surface area contributed by atoms with Crippen molar-refractivity contribution >= 4 is 18.3 Å². The van der Waals surface area contributed by atoms with Crippen LogP contribution in [0.1, 0.15) is 31.4 Å². The summed E-state index contributed by atoms with van der Waals surface area (Å²) >= 11 is 0. The molecule has 5 nitrogen and oxygen atoms in total. The van der Waals surface area contributed by atoms with E-state index in [2.05, 4.69) is 10.6 Å². The monoisotopic (exact) mass is 396 g/mol. The third kappa shape index (κ3) is 7.01. The molecule has 1 saturated heterocycles. The molecule has 0 bridgehead atoms. The Morgan fingerprint density at radius 2 is 2.15 bits per heavy atom. The molecule has 2 N–H and O–H groups in total. The molecule has 9 heteroatoms. The van der Waals surface area contributed by atoms with E-state index in [9.17, 15) is 18.0 Å². The molecular weight excluding hydrogens is 373 g/mol. The topological polar surface area (TPSA) is 59.6 Å². The predicted molar refractivity (Wildman–Crippen MR) is 93.5 cm³/mol. The smallest absolute Gasteiger partial charge is 0.416 e. The molecule has 0 radical (unpaired) electrons. The van der Waals surface area contributed by atoms with Crippen LogP contribution in [-0.2, 0) is 22.3 Å². The van der Waals surface area contributed by atoms with E-state index in [0.29, 0.717) is 19.8 Å². The predicted octanol–water partition coefficient (Wildman–Crippen LogP) is 2.91. The summed E-state index contributed by atoms with van der Waals surface area (Å²) < 4.78 is 50.4. The van der Waals surface area contributed by atoms with E-state index in [1.807, 2.05) is 0 Å². The van der Waals surface area contributed by atoms with Crippen molar-refractivity contribution in [3.05, 3.63) is 29.3 Å². The molecule has 1 fully saturated rings. The standard InChI is InChI=1S/C17H23F3N2O3.ClH/c1-11(2)25-14-4-3-12(15(8-14)17(18,19)20)9-22-16(23)7-13-10-24-6-5-21-13;/h3-4,8,11,13,21H,5-7,9-10H2,1-2H3,(H,22,23);1H. The summed E-state index contributed by atoms with van der Waals surface area (Å²) in [5.41, 5.74) is -0.796. The van der Waals surface area contributed by atoms with Crippen LogP contribution in [0.4, 0.5) is 13.2 Å². The maximum atomic E-state index is 13.3. The molecule has 1 aliphatic heterocycles. The Hall–Kier alpha value is -1.51. The van der Waals surface area contributed by atoms with Crippen LogP contribution in [0.15, 0.2) is 18.2 Å². The van der Waals surface area contributed by atoms with Crippen LogP contribution in [-0.4, -0.2) is 37.8 Å². The number of nitrogens with one attached hydrogen (secondary N) is 2. The normalized spacial score (nSPS) is 17.5. The van der Waals surface area contributed by atoms with Gasteiger partial charge in [0.05, 0.1) is 24.9 Å². The van der Waals surface area contributed by atoms with Crippen molar-refractivity contribution in [1.29, 1.82) is 0 Å². The number of carbonyl (C=O) groups is 1. The minimum Gasteiger partial charge on any atom is -0.491 e. The van der Waals surface area contributed by atoms with Gasteiger partial charge in [-0.15, -0.1) is 12.4 Å². The molecule has 1 aliphatic rings. The lowest BCUT2D eigenvalue weighted by molar-refractivity contribution is -0.138. The van der Waals surface area contributed by atoms with Gasteiger partial charge in [0.1, 0.15) is 5.75 Å². The van der Waals surface area contributed by atoms with Gasteiger partial charge in [0.25, 0.3) is 0 Å². The average Bonchev–Trinajstić information content (AvgIpc) is 2.53. The van der Waals surface area contributed by atoms with Crippen LogP contribution >= 0.6 is 12.4 Å². The minimum atomic E-state index is -4.52. The largest absolute Gasteiger partial charge is 0.491 e.